The number of aromatic nitrogens is 2. The van der Waals surface area contributed by atoms with E-state index >= 15 is 0 Å². The van der Waals surface area contributed by atoms with Crippen LogP contribution in [0.3, 0.4) is 0 Å². The number of methoxy groups -OCH3 is 1. The van der Waals surface area contributed by atoms with Crippen LogP contribution in [0.5, 0.6) is 11.5 Å². The Morgan fingerprint density at radius 2 is 1.80 bits per heavy atom. The molecule has 2 aromatic heterocycles. The minimum Gasteiger partial charge on any atom is -0.495 e. The summed E-state index contributed by atoms with van der Waals surface area (Å²) < 4.78 is 41.6. The molecule has 0 spiro atoms. The minimum absolute atomic E-state index is 0.0813. The van der Waals surface area contributed by atoms with E-state index in [1.807, 2.05) is 49.4 Å². The molecule has 0 N–H and O–H groups in total. The van der Waals surface area contributed by atoms with Crippen LogP contribution in [0.1, 0.15) is 30.0 Å². The fourth-order valence-electron chi connectivity index (χ4n) is 6.37. The Hall–Kier alpha value is -4.66. The van der Waals surface area contributed by atoms with E-state index in [9.17, 15) is 13.7 Å². The molecule has 0 saturated carbocycles. The molecule has 0 aliphatic carbocycles. The van der Waals surface area contributed by atoms with Gasteiger partial charge in [-0.1, -0.05) is 18.2 Å². The first-order valence-corrected chi connectivity index (χ1v) is 16.1. The van der Waals surface area contributed by atoms with Gasteiger partial charge in [0.05, 0.1) is 49.3 Å². The third kappa shape index (κ3) is 5.10. The molecule has 1 unspecified atom stereocenters. The van der Waals surface area contributed by atoms with Gasteiger partial charge in [-0.25, -0.2) is 4.98 Å². The molecule has 1 fully saturated rings. The van der Waals surface area contributed by atoms with Crippen molar-refractivity contribution in [3.8, 4) is 17.6 Å². The molecule has 0 amide bonds. The number of benzene rings is 2. The van der Waals surface area contributed by atoms with Gasteiger partial charge in [0.15, 0.2) is 5.03 Å². The van der Waals surface area contributed by atoms with Crippen LogP contribution in [0.4, 0.5) is 11.4 Å². The lowest BCUT2D eigenvalue weighted by Crippen LogP contribution is -2.52. The summed E-state index contributed by atoms with van der Waals surface area (Å²) in [6.45, 7) is 5.39. The predicted octanol–water partition coefficient (Wildman–Crippen LogP) is 4.42. The molecule has 4 heterocycles. The minimum atomic E-state index is -4.10. The first-order valence-electron chi connectivity index (χ1n) is 14.6. The number of hydrogen-bond donors (Lipinski definition) is 0. The molecule has 2 aliphatic rings. The zero-order valence-electron chi connectivity index (χ0n) is 24.8. The number of ether oxygens (including phenoxy) is 2. The van der Waals surface area contributed by atoms with Gasteiger partial charge < -0.3 is 14.4 Å². The van der Waals surface area contributed by atoms with E-state index in [1.165, 1.54) is 23.7 Å². The molecule has 4 aromatic rings. The molecular weight excluding hydrogens is 576 g/mol. The molecule has 0 bridgehead atoms. The number of hydrogen-bond acceptors (Lipinski definition) is 9. The van der Waals surface area contributed by atoms with Crippen molar-refractivity contribution in [3.63, 3.8) is 0 Å². The molecule has 1 saturated heterocycles. The van der Waals surface area contributed by atoms with Gasteiger partial charge in [0.25, 0.3) is 10.0 Å². The highest BCUT2D eigenvalue weighted by molar-refractivity contribution is 7.92. The Morgan fingerprint density at radius 3 is 2.52 bits per heavy atom. The van der Waals surface area contributed by atoms with E-state index < -0.39 is 15.6 Å². The Morgan fingerprint density at radius 1 is 0.977 bits per heavy atom. The number of para-hydroxylation sites is 1. The summed E-state index contributed by atoms with van der Waals surface area (Å²) >= 11 is 0. The van der Waals surface area contributed by atoms with E-state index in [1.54, 1.807) is 30.6 Å². The van der Waals surface area contributed by atoms with Crippen LogP contribution in [-0.4, -0.2) is 69.7 Å². The highest BCUT2D eigenvalue weighted by Gasteiger charge is 2.53. The second-order valence-electron chi connectivity index (χ2n) is 10.7. The Bertz CT molecular complexity index is 1780. The molecular formula is C33H34N6O4S. The Labute approximate surface area is 258 Å². The van der Waals surface area contributed by atoms with Crippen molar-refractivity contribution >= 4 is 21.4 Å². The van der Waals surface area contributed by atoms with Crippen LogP contribution in [0.2, 0.25) is 0 Å². The summed E-state index contributed by atoms with van der Waals surface area (Å²) in [4.78, 5) is 13.1. The van der Waals surface area contributed by atoms with E-state index in [-0.39, 0.29) is 11.6 Å². The predicted molar refractivity (Wildman–Crippen MR) is 168 cm³/mol. The quantitative estimate of drug-likeness (QED) is 0.286. The molecule has 10 nitrogen and oxygen atoms in total. The third-order valence-electron chi connectivity index (χ3n) is 8.41. The molecule has 226 valence electrons. The number of anilines is 2. The fourth-order valence-corrected chi connectivity index (χ4v) is 7.80. The summed E-state index contributed by atoms with van der Waals surface area (Å²) in [7, 11) is -2.59. The largest absolute Gasteiger partial charge is 0.495 e. The first-order chi connectivity index (χ1) is 21.4. The van der Waals surface area contributed by atoms with Gasteiger partial charge in [-0.3, -0.25) is 14.2 Å². The molecule has 1 atom stereocenters. The van der Waals surface area contributed by atoms with Crippen molar-refractivity contribution in [1.82, 2.24) is 14.9 Å². The summed E-state index contributed by atoms with van der Waals surface area (Å²) in [5.74, 6) is 1.15. The third-order valence-corrected chi connectivity index (χ3v) is 10.1. The van der Waals surface area contributed by atoms with Gasteiger partial charge in [-0.15, -0.1) is 0 Å². The molecule has 2 aliphatic heterocycles. The van der Waals surface area contributed by atoms with E-state index in [0.29, 0.717) is 42.4 Å². The number of fused-ring (bicyclic) bond motifs is 1. The summed E-state index contributed by atoms with van der Waals surface area (Å²) in [6.07, 6.45) is 5.85. The smallest absolute Gasteiger partial charge is 0.281 e. The summed E-state index contributed by atoms with van der Waals surface area (Å²) in [6, 6.07) is 22.4. The van der Waals surface area contributed by atoms with Crippen LogP contribution in [0.15, 0.2) is 90.3 Å². The lowest BCUT2D eigenvalue weighted by Gasteiger charge is -2.42. The standard InChI is InChI=1S/C33H34N6O4S/c1-3-43-31-8-5-4-7-28(31)33(38-18-6-17-37(19-20-38)26-13-15-35-16-14-26)24-39(30-11-9-25(22-34)21-29(30)33)44(40,41)32-12-10-27(42-2)23-36-32/h4-5,7-16,21,23H,3,6,17-20,24H2,1-2H3. The maximum absolute atomic E-state index is 14.4. The van der Waals surface area contributed by atoms with Gasteiger partial charge in [-0.2, -0.15) is 13.7 Å². The molecule has 0 radical (unpaired) electrons. The van der Waals surface area contributed by atoms with Crippen LogP contribution < -0.4 is 18.7 Å². The number of nitrogens with zero attached hydrogens (tertiary/aromatic N) is 6. The number of pyridine rings is 2. The maximum Gasteiger partial charge on any atom is 0.281 e. The number of nitriles is 1. The van der Waals surface area contributed by atoms with Gasteiger partial charge >= 0.3 is 0 Å². The van der Waals surface area contributed by atoms with Crippen molar-refractivity contribution in [3.05, 3.63) is 102 Å². The van der Waals surface area contributed by atoms with Crippen molar-refractivity contribution in [2.75, 3.05) is 55.6 Å². The molecule has 11 heteroatoms. The van der Waals surface area contributed by atoms with Crippen LogP contribution in [0, 0.1) is 11.3 Å². The second kappa shape index (κ2) is 12.1. The summed E-state index contributed by atoms with van der Waals surface area (Å²) in [5.41, 5.74) is 2.73. The van der Waals surface area contributed by atoms with Gasteiger partial charge in [0.1, 0.15) is 11.5 Å². The van der Waals surface area contributed by atoms with E-state index in [0.717, 1.165) is 36.3 Å². The molecule has 44 heavy (non-hydrogen) atoms. The number of sulfonamides is 1. The zero-order valence-corrected chi connectivity index (χ0v) is 25.6. The Kier molecular flexibility index (Phi) is 8.12. The van der Waals surface area contributed by atoms with Gasteiger partial charge in [0, 0.05) is 55.4 Å². The van der Waals surface area contributed by atoms with Gasteiger partial charge in [-0.05, 0) is 61.9 Å². The van der Waals surface area contributed by atoms with Crippen molar-refractivity contribution in [1.29, 1.82) is 5.26 Å². The first kappa shape index (κ1) is 29.4. The zero-order chi connectivity index (χ0) is 30.7. The number of rotatable bonds is 8. The monoisotopic (exact) mass is 610 g/mol. The molecule has 2 aromatic carbocycles. The van der Waals surface area contributed by atoms with Crippen LogP contribution in [0.25, 0.3) is 0 Å². The lowest BCUT2D eigenvalue weighted by atomic mass is 9.81. The van der Waals surface area contributed by atoms with Crippen LogP contribution in [-0.2, 0) is 15.6 Å². The average Bonchev–Trinajstić information content (AvgIpc) is 3.22. The van der Waals surface area contributed by atoms with Crippen LogP contribution >= 0.6 is 0 Å². The average molecular weight is 611 g/mol. The highest BCUT2D eigenvalue weighted by atomic mass is 32.2. The lowest BCUT2D eigenvalue weighted by molar-refractivity contribution is 0.143. The topological polar surface area (TPSA) is 112 Å². The van der Waals surface area contributed by atoms with E-state index in [4.69, 9.17) is 9.47 Å². The SMILES string of the molecule is CCOc1ccccc1C1(N2CCCN(c3ccncc3)CC2)CN(S(=O)(=O)c2ccc(OC)cn2)c2ccc(C#N)cc21. The van der Waals surface area contributed by atoms with Crippen molar-refractivity contribution in [2.45, 2.75) is 23.9 Å². The fraction of sp³-hybridized carbons (Fsp3) is 0.303. The van der Waals surface area contributed by atoms with Crippen molar-refractivity contribution < 1.29 is 17.9 Å². The maximum atomic E-state index is 14.4. The van der Waals surface area contributed by atoms with Gasteiger partial charge in [0.2, 0.25) is 0 Å². The second-order valence-corrected chi connectivity index (χ2v) is 12.5. The highest BCUT2D eigenvalue weighted by Crippen LogP contribution is 2.52. The van der Waals surface area contributed by atoms with E-state index in [2.05, 4.69) is 25.8 Å². The Balaban J connectivity index is 1.53. The molecule has 6 rings (SSSR count). The normalized spacial score (nSPS) is 18.8. The van der Waals surface area contributed by atoms with Crippen molar-refractivity contribution in [2.24, 2.45) is 0 Å². The summed E-state index contributed by atoms with van der Waals surface area (Å²) in [5, 5.41) is 9.88.